The van der Waals surface area contributed by atoms with E-state index in [9.17, 15) is 8.42 Å². The summed E-state index contributed by atoms with van der Waals surface area (Å²) >= 11 is 0. The minimum absolute atomic E-state index is 0.137. The van der Waals surface area contributed by atoms with Gasteiger partial charge in [0, 0.05) is 13.1 Å². The normalized spacial score (nSPS) is 17.3. The van der Waals surface area contributed by atoms with Crippen molar-refractivity contribution in [3.63, 3.8) is 0 Å². The van der Waals surface area contributed by atoms with Gasteiger partial charge in [-0.25, -0.2) is 8.42 Å². The van der Waals surface area contributed by atoms with Gasteiger partial charge in [-0.05, 0) is 68.9 Å². The van der Waals surface area contributed by atoms with Crippen LogP contribution in [0.15, 0.2) is 53.5 Å². The quantitative estimate of drug-likeness (QED) is 0.322. The summed E-state index contributed by atoms with van der Waals surface area (Å²) in [6.07, 6.45) is 6.58. The first-order valence-corrected chi connectivity index (χ1v) is 15.2. The molecule has 30 heavy (non-hydrogen) atoms. The number of sulfonamides is 1. The number of benzene rings is 1. The molecule has 0 radical (unpaired) electrons. The Balaban J connectivity index is 2.10. The van der Waals surface area contributed by atoms with Crippen molar-refractivity contribution >= 4 is 18.3 Å². The monoisotopic (exact) mass is 449 g/mol. The van der Waals surface area contributed by atoms with E-state index in [0.29, 0.717) is 24.4 Å². The van der Waals surface area contributed by atoms with Crippen molar-refractivity contribution in [3.8, 4) is 0 Å². The maximum absolute atomic E-state index is 13.1. The van der Waals surface area contributed by atoms with E-state index in [-0.39, 0.29) is 10.6 Å². The number of rotatable bonds is 10. The second-order valence-electron chi connectivity index (χ2n) is 10.00. The molecule has 0 heterocycles. The molecule has 0 atom stereocenters. The van der Waals surface area contributed by atoms with Crippen LogP contribution in [-0.2, 0) is 14.4 Å². The number of aryl methyl sites for hydroxylation is 1. The maximum atomic E-state index is 13.1. The van der Waals surface area contributed by atoms with E-state index in [0.717, 1.165) is 18.4 Å². The number of nitrogens with zero attached hydrogens (tertiary/aromatic N) is 1. The fourth-order valence-corrected chi connectivity index (χ4v) is 6.33. The van der Waals surface area contributed by atoms with Crippen LogP contribution in [0.25, 0.3) is 0 Å². The standard InChI is InChI=1S/C24H39NO3SSi/c1-9-18-25(29(26,27)22-14-12-20(2)13-15-22)19-10-11-21(3)24(16-17-24)28-30(7,8)23(4,5)6/h9,11-15H,1,10,16-19H2,2-8H3/b21-11+. The Morgan fingerprint density at radius 1 is 1.23 bits per heavy atom. The lowest BCUT2D eigenvalue weighted by Crippen LogP contribution is -2.45. The molecule has 4 nitrogen and oxygen atoms in total. The van der Waals surface area contributed by atoms with Crippen LogP contribution in [0.3, 0.4) is 0 Å². The van der Waals surface area contributed by atoms with Gasteiger partial charge in [-0.3, -0.25) is 0 Å². The SMILES string of the molecule is C=CCN(CC/C=C(\C)C1(O[Si](C)(C)C(C)(C)C)CC1)S(=O)(=O)c1ccc(C)cc1. The molecule has 0 spiro atoms. The van der Waals surface area contributed by atoms with Crippen LogP contribution in [0.5, 0.6) is 0 Å². The summed E-state index contributed by atoms with van der Waals surface area (Å²) < 4.78 is 34.4. The molecule has 1 aliphatic carbocycles. The molecule has 1 fully saturated rings. The third-order valence-electron chi connectivity index (χ3n) is 6.50. The van der Waals surface area contributed by atoms with Gasteiger partial charge in [0.05, 0.1) is 10.5 Å². The van der Waals surface area contributed by atoms with E-state index in [1.165, 1.54) is 9.88 Å². The van der Waals surface area contributed by atoms with Gasteiger partial charge in [-0.1, -0.05) is 50.6 Å². The Hall–Kier alpha value is -1.21. The topological polar surface area (TPSA) is 46.6 Å². The van der Waals surface area contributed by atoms with Crippen molar-refractivity contribution in [2.75, 3.05) is 13.1 Å². The molecule has 1 aromatic carbocycles. The highest BCUT2D eigenvalue weighted by Gasteiger charge is 2.52. The van der Waals surface area contributed by atoms with Gasteiger partial charge in [0.2, 0.25) is 10.0 Å². The lowest BCUT2D eigenvalue weighted by atomic mass is 10.1. The van der Waals surface area contributed by atoms with E-state index >= 15 is 0 Å². The molecular formula is C24H39NO3SSi. The van der Waals surface area contributed by atoms with Gasteiger partial charge in [-0.15, -0.1) is 6.58 Å². The van der Waals surface area contributed by atoms with Crippen LogP contribution in [0.1, 0.15) is 52.5 Å². The molecule has 0 unspecified atom stereocenters. The Kier molecular flexibility index (Phi) is 7.61. The highest BCUT2D eigenvalue weighted by atomic mass is 32.2. The predicted molar refractivity (Wildman–Crippen MR) is 129 cm³/mol. The largest absolute Gasteiger partial charge is 0.408 e. The molecule has 0 saturated heterocycles. The molecule has 1 aromatic rings. The van der Waals surface area contributed by atoms with Crippen molar-refractivity contribution in [3.05, 3.63) is 54.1 Å². The first-order valence-electron chi connectivity index (χ1n) is 10.8. The Morgan fingerprint density at radius 2 is 1.80 bits per heavy atom. The van der Waals surface area contributed by atoms with E-state index < -0.39 is 18.3 Å². The van der Waals surface area contributed by atoms with E-state index in [4.69, 9.17) is 4.43 Å². The molecule has 1 saturated carbocycles. The van der Waals surface area contributed by atoms with Crippen LogP contribution < -0.4 is 0 Å². The average molecular weight is 450 g/mol. The molecule has 2 rings (SSSR count). The third kappa shape index (κ3) is 5.72. The third-order valence-corrected chi connectivity index (χ3v) is 12.9. The van der Waals surface area contributed by atoms with E-state index in [1.807, 2.05) is 19.1 Å². The van der Waals surface area contributed by atoms with Crippen molar-refractivity contribution in [1.82, 2.24) is 4.31 Å². The van der Waals surface area contributed by atoms with Crippen molar-refractivity contribution in [2.24, 2.45) is 0 Å². The van der Waals surface area contributed by atoms with Gasteiger partial charge in [-0.2, -0.15) is 4.31 Å². The second-order valence-corrected chi connectivity index (χ2v) is 16.7. The predicted octanol–water partition coefficient (Wildman–Crippen LogP) is 6.06. The Labute approximate surface area is 185 Å². The zero-order chi connectivity index (χ0) is 22.8. The average Bonchev–Trinajstić information content (AvgIpc) is 3.40. The lowest BCUT2D eigenvalue weighted by molar-refractivity contribution is 0.193. The summed E-state index contributed by atoms with van der Waals surface area (Å²) in [6, 6.07) is 7.01. The molecular weight excluding hydrogens is 410 g/mol. The molecule has 168 valence electrons. The van der Waals surface area contributed by atoms with E-state index in [2.05, 4.69) is 53.4 Å². The highest BCUT2D eigenvalue weighted by molar-refractivity contribution is 7.89. The molecule has 6 heteroatoms. The first-order chi connectivity index (χ1) is 13.7. The second kappa shape index (κ2) is 9.11. The fourth-order valence-electron chi connectivity index (χ4n) is 3.26. The van der Waals surface area contributed by atoms with Crippen LogP contribution in [0, 0.1) is 6.92 Å². The summed E-state index contributed by atoms with van der Waals surface area (Å²) in [5.41, 5.74) is 2.14. The summed E-state index contributed by atoms with van der Waals surface area (Å²) in [4.78, 5) is 0.329. The van der Waals surface area contributed by atoms with Crippen LogP contribution in [0.2, 0.25) is 18.1 Å². The van der Waals surface area contributed by atoms with Crippen LogP contribution >= 0.6 is 0 Å². The molecule has 0 amide bonds. The molecule has 1 aliphatic rings. The Morgan fingerprint density at radius 3 is 2.27 bits per heavy atom. The Bertz CT molecular complexity index is 876. The van der Waals surface area contributed by atoms with Crippen molar-refractivity contribution in [1.29, 1.82) is 0 Å². The minimum Gasteiger partial charge on any atom is -0.408 e. The maximum Gasteiger partial charge on any atom is 0.243 e. The summed E-state index contributed by atoms with van der Waals surface area (Å²) in [5, 5.41) is 0.172. The molecule has 0 N–H and O–H groups in total. The number of hydrogen-bond donors (Lipinski definition) is 0. The summed E-state index contributed by atoms with van der Waals surface area (Å²) in [7, 11) is -5.39. The van der Waals surface area contributed by atoms with E-state index in [1.54, 1.807) is 18.2 Å². The van der Waals surface area contributed by atoms with Crippen molar-refractivity contribution in [2.45, 2.75) is 82.5 Å². The van der Waals surface area contributed by atoms with Crippen molar-refractivity contribution < 1.29 is 12.8 Å². The van der Waals surface area contributed by atoms with Gasteiger partial charge in [0.15, 0.2) is 8.32 Å². The zero-order valence-corrected chi connectivity index (χ0v) is 21.6. The lowest BCUT2D eigenvalue weighted by Gasteiger charge is -2.40. The fraction of sp³-hybridized carbons (Fsp3) is 0.583. The molecule has 0 bridgehead atoms. The van der Waals surface area contributed by atoms with Gasteiger partial charge >= 0.3 is 0 Å². The van der Waals surface area contributed by atoms with Crippen LogP contribution in [-0.4, -0.2) is 39.7 Å². The van der Waals surface area contributed by atoms with Gasteiger partial charge < -0.3 is 4.43 Å². The smallest absolute Gasteiger partial charge is 0.243 e. The van der Waals surface area contributed by atoms with Gasteiger partial charge in [0.25, 0.3) is 0 Å². The van der Waals surface area contributed by atoms with Crippen LogP contribution in [0.4, 0.5) is 0 Å². The highest BCUT2D eigenvalue weighted by Crippen LogP contribution is 2.51. The summed E-state index contributed by atoms with van der Waals surface area (Å²) in [5.74, 6) is 0. The minimum atomic E-state index is -3.54. The zero-order valence-electron chi connectivity index (χ0n) is 19.8. The first kappa shape index (κ1) is 25.1. The summed E-state index contributed by atoms with van der Waals surface area (Å²) in [6.45, 7) is 19.9. The van der Waals surface area contributed by atoms with Gasteiger partial charge in [0.1, 0.15) is 0 Å². The molecule has 0 aromatic heterocycles. The number of hydrogen-bond acceptors (Lipinski definition) is 3. The molecule has 0 aliphatic heterocycles.